The number of rotatable bonds is 10. The van der Waals surface area contributed by atoms with Crippen LogP contribution >= 0.6 is 0 Å². The van der Waals surface area contributed by atoms with Gasteiger partial charge in [0.2, 0.25) is 5.91 Å². The summed E-state index contributed by atoms with van der Waals surface area (Å²) in [4.78, 5) is 21.0. The van der Waals surface area contributed by atoms with Crippen molar-refractivity contribution in [3.05, 3.63) is 121 Å². The van der Waals surface area contributed by atoms with E-state index in [1.54, 1.807) is 12.4 Å². The lowest BCUT2D eigenvalue weighted by Crippen LogP contribution is -2.22. The van der Waals surface area contributed by atoms with Gasteiger partial charge in [0.15, 0.2) is 11.7 Å². The lowest BCUT2D eigenvalue weighted by Gasteiger charge is -2.12. The van der Waals surface area contributed by atoms with Crippen LogP contribution in [-0.2, 0) is 24.3 Å². The number of nitrogens with one attached hydrogen (secondary N) is 1. The summed E-state index contributed by atoms with van der Waals surface area (Å²) in [5.74, 6) is 1.43. The first-order chi connectivity index (χ1) is 17.7. The Morgan fingerprint density at radius 2 is 1.72 bits per heavy atom. The van der Waals surface area contributed by atoms with Crippen molar-refractivity contribution in [2.24, 2.45) is 0 Å². The Labute approximate surface area is 210 Å². The molecular weight excluding hydrogens is 448 g/mol. The average molecular weight is 477 g/mol. The van der Waals surface area contributed by atoms with Crippen LogP contribution < -0.4 is 5.32 Å². The van der Waals surface area contributed by atoms with Crippen molar-refractivity contribution in [1.29, 1.82) is 0 Å². The normalized spacial score (nSPS) is 10.9. The van der Waals surface area contributed by atoms with Gasteiger partial charge in [-0.3, -0.25) is 4.79 Å². The monoisotopic (exact) mass is 476 g/mol. The minimum atomic E-state index is 0.0234. The van der Waals surface area contributed by atoms with Gasteiger partial charge in [-0.1, -0.05) is 78.9 Å². The van der Waals surface area contributed by atoms with E-state index < -0.39 is 0 Å². The maximum Gasteiger partial charge on any atom is 0.220 e. The smallest absolute Gasteiger partial charge is 0.220 e. The zero-order valence-electron chi connectivity index (χ0n) is 20.0. The molecule has 0 fully saturated rings. The van der Waals surface area contributed by atoms with E-state index in [9.17, 15) is 4.79 Å². The van der Waals surface area contributed by atoms with E-state index >= 15 is 0 Å². The molecule has 0 radical (unpaired) electrons. The molecule has 0 saturated carbocycles. The Morgan fingerprint density at radius 3 is 2.53 bits per heavy atom. The zero-order valence-corrected chi connectivity index (χ0v) is 20.0. The quantitative estimate of drug-likeness (QED) is 0.273. The highest BCUT2D eigenvalue weighted by molar-refractivity contribution is 5.76. The highest BCUT2D eigenvalue weighted by Crippen LogP contribution is 2.25. The minimum absolute atomic E-state index is 0.0234. The number of imidazole rings is 1. The number of amides is 1. The molecule has 2 heterocycles. The van der Waals surface area contributed by atoms with Crippen molar-refractivity contribution in [2.45, 2.75) is 32.4 Å². The van der Waals surface area contributed by atoms with Crippen LogP contribution in [0.5, 0.6) is 0 Å². The molecule has 5 rings (SSSR count). The Kier molecular flexibility index (Phi) is 7.32. The maximum atomic E-state index is 12.5. The van der Waals surface area contributed by atoms with Crippen LogP contribution in [0.4, 0.5) is 0 Å². The van der Waals surface area contributed by atoms with E-state index in [1.807, 2.05) is 59.6 Å². The van der Waals surface area contributed by atoms with Gasteiger partial charge in [-0.05, 0) is 28.7 Å². The molecular formula is C30H28N4O2. The third kappa shape index (κ3) is 5.96. The first-order valence-corrected chi connectivity index (χ1v) is 12.1. The lowest BCUT2D eigenvalue weighted by atomic mass is 9.98. The number of nitrogens with zero attached hydrogens (tertiary/aromatic N) is 3. The SMILES string of the molecule is O=C(CCCc1ncc(-c2ccccc2)o1)NCc1ccccc1-c1ccc(Cn2ccnc2)cc1. The molecule has 0 saturated heterocycles. The maximum absolute atomic E-state index is 12.5. The number of hydrogen-bond acceptors (Lipinski definition) is 4. The number of carbonyl (C=O) groups is 1. The summed E-state index contributed by atoms with van der Waals surface area (Å²) in [5.41, 5.74) is 5.56. The Bertz CT molecular complexity index is 1390. The Balaban J connectivity index is 1.12. The number of hydrogen-bond donors (Lipinski definition) is 1. The molecule has 1 amide bonds. The van der Waals surface area contributed by atoms with Gasteiger partial charge in [-0.15, -0.1) is 0 Å². The van der Waals surface area contributed by atoms with Gasteiger partial charge >= 0.3 is 0 Å². The first-order valence-electron chi connectivity index (χ1n) is 12.1. The molecule has 0 aliphatic carbocycles. The van der Waals surface area contributed by atoms with E-state index in [2.05, 4.69) is 51.7 Å². The number of aromatic nitrogens is 3. The molecule has 2 aromatic heterocycles. The average Bonchev–Trinajstić information content (AvgIpc) is 3.61. The second-order valence-corrected chi connectivity index (χ2v) is 8.70. The highest BCUT2D eigenvalue weighted by atomic mass is 16.4. The van der Waals surface area contributed by atoms with Crippen LogP contribution in [-0.4, -0.2) is 20.4 Å². The molecule has 180 valence electrons. The van der Waals surface area contributed by atoms with Gasteiger partial charge in [-0.2, -0.15) is 0 Å². The standard InChI is InChI=1S/C30H28N4O2/c35-29(11-6-12-30-33-20-28(36-30)25-7-2-1-3-8-25)32-19-26-9-4-5-10-27(26)24-15-13-23(14-16-24)21-34-18-17-31-22-34/h1-5,7-10,13-18,20,22H,6,11-12,19,21H2,(H,32,35). The van der Waals surface area contributed by atoms with Crippen molar-refractivity contribution in [1.82, 2.24) is 19.9 Å². The Hall–Kier alpha value is -4.45. The highest BCUT2D eigenvalue weighted by Gasteiger charge is 2.10. The summed E-state index contributed by atoms with van der Waals surface area (Å²) in [6.45, 7) is 1.28. The molecule has 0 aliphatic heterocycles. The second-order valence-electron chi connectivity index (χ2n) is 8.70. The van der Waals surface area contributed by atoms with Gasteiger partial charge in [-0.25, -0.2) is 9.97 Å². The Morgan fingerprint density at radius 1 is 0.917 bits per heavy atom. The summed E-state index contributed by atoms with van der Waals surface area (Å²) in [6, 6.07) is 26.6. The summed E-state index contributed by atoms with van der Waals surface area (Å²) >= 11 is 0. The predicted molar refractivity (Wildman–Crippen MR) is 140 cm³/mol. The van der Waals surface area contributed by atoms with Gasteiger partial charge in [0, 0.05) is 43.9 Å². The molecule has 1 N–H and O–H groups in total. The summed E-state index contributed by atoms with van der Waals surface area (Å²) in [5, 5.41) is 3.07. The van der Waals surface area contributed by atoms with Crippen LogP contribution in [0.1, 0.15) is 29.9 Å². The van der Waals surface area contributed by atoms with Crippen molar-refractivity contribution in [3.8, 4) is 22.5 Å². The van der Waals surface area contributed by atoms with E-state index in [4.69, 9.17) is 4.42 Å². The van der Waals surface area contributed by atoms with Crippen molar-refractivity contribution < 1.29 is 9.21 Å². The van der Waals surface area contributed by atoms with E-state index in [0.717, 1.165) is 34.6 Å². The molecule has 6 nitrogen and oxygen atoms in total. The minimum Gasteiger partial charge on any atom is -0.441 e. The number of carbonyl (C=O) groups excluding carboxylic acids is 1. The molecule has 36 heavy (non-hydrogen) atoms. The number of oxazole rings is 1. The van der Waals surface area contributed by atoms with Crippen molar-refractivity contribution in [3.63, 3.8) is 0 Å². The van der Waals surface area contributed by atoms with Gasteiger partial charge in [0.05, 0.1) is 12.5 Å². The van der Waals surface area contributed by atoms with Crippen LogP contribution in [0.2, 0.25) is 0 Å². The summed E-state index contributed by atoms with van der Waals surface area (Å²) in [6.07, 6.45) is 9.04. The molecule has 5 aromatic rings. The van der Waals surface area contributed by atoms with Crippen LogP contribution in [0.3, 0.4) is 0 Å². The molecule has 0 bridgehead atoms. The molecule has 0 atom stereocenters. The van der Waals surface area contributed by atoms with Crippen molar-refractivity contribution in [2.75, 3.05) is 0 Å². The number of benzene rings is 3. The molecule has 3 aromatic carbocycles. The summed E-state index contributed by atoms with van der Waals surface area (Å²) in [7, 11) is 0. The summed E-state index contributed by atoms with van der Waals surface area (Å²) < 4.78 is 7.88. The van der Waals surface area contributed by atoms with Gasteiger partial charge in [0.25, 0.3) is 0 Å². The molecule has 6 heteroatoms. The lowest BCUT2D eigenvalue weighted by molar-refractivity contribution is -0.121. The van der Waals surface area contributed by atoms with Gasteiger partial charge < -0.3 is 14.3 Å². The topological polar surface area (TPSA) is 73.0 Å². The molecule has 0 unspecified atom stereocenters. The third-order valence-electron chi connectivity index (χ3n) is 6.09. The fraction of sp³-hybridized carbons (Fsp3) is 0.167. The van der Waals surface area contributed by atoms with Crippen LogP contribution in [0.15, 0.2) is 108 Å². The van der Waals surface area contributed by atoms with Gasteiger partial charge in [0.1, 0.15) is 0 Å². The molecule has 0 aliphatic rings. The zero-order chi connectivity index (χ0) is 24.6. The van der Waals surface area contributed by atoms with Crippen molar-refractivity contribution >= 4 is 5.91 Å². The van der Waals surface area contributed by atoms with E-state index in [1.165, 1.54) is 5.56 Å². The number of aryl methyl sites for hydroxylation is 1. The fourth-order valence-electron chi connectivity index (χ4n) is 4.18. The molecule has 0 spiro atoms. The fourth-order valence-corrected chi connectivity index (χ4v) is 4.18. The van der Waals surface area contributed by atoms with E-state index in [0.29, 0.717) is 31.7 Å². The third-order valence-corrected chi connectivity index (χ3v) is 6.09. The largest absolute Gasteiger partial charge is 0.441 e. The first kappa shape index (κ1) is 23.3. The van der Waals surface area contributed by atoms with E-state index in [-0.39, 0.29) is 5.91 Å². The van der Waals surface area contributed by atoms with Crippen LogP contribution in [0, 0.1) is 0 Å². The van der Waals surface area contributed by atoms with Crippen LogP contribution in [0.25, 0.3) is 22.5 Å². The predicted octanol–water partition coefficient (Wildman–Crippen LogP) is 5.89. The second kappa shape index (κ2) is 11.3.